The number of nitrogens with zero attached hydrogens (tertiary/aromatic N) is 1. The van der Waals surface area contributed by atoms with E-state index in [0.29, 0.717) is 26.2 Å². The second kappa shape index (κ2) is 11.4. The highest BCUT2D eigenvalue weighted by Gasteiger charge is 2.20. The number of amides is 1. The minimum absolute atomic E-state index is 0. The second-order valence-electron chi connectivity index (χ2n) is 5.54. The molecule has 1 aromatic rings. The molecule has 1 aromatic carbocycles. The first-order chi connectivity index (χ1) is 10.8. The molecule has 6 heteroatoms. The van der Waals surface area contributed by atoms with Crippen LogP contribution in [-0.2, 0) is 20.7 Å². The fourth-order valence-corrected chi connectivity index (χ4v) is 2.56. The van der Waals surface area contributed by atoms with E-state index >= 15 is 0 Å². The van der Waals surface area contributed by atoms with Crippen LogP contribution in [0.5, 0.6) is 0 Å². The van der Waals surface area contributed by atoms with Gasteiger partial charge in [-0.3, -0.25) is 4.79 Å². The third-order valence-corrected chi connectivity index (χ3v) is 3.85. The first-order valence-electron chi connectivity index (χ1n) is 7.91. The minimum atomic E-state index is 0. The van der Waals surface area contributed by atoms with Crippen LogP contribution in [0.25, 0.3) is 0 Å². The summed E-state index contributed by atoms with van der Waals surface area (Å²) in [5, 5.41) is 3.33. The predicted octanol–water partition coefficient (Wildman–Crippen LogP) is 1.50. The zero-order valence-corrected chi connectivity index (χ0v) is 14.5. The highest BCUT2D eigenvalue weighted by atomic mass is 35.5. The van der Waals surface area contributed by atoms with Crippen LogP contribution in [-0.4, -0.2) is 63.4 Å². The van der Waals surface area contributed by atoms with Crippen LogP contribution < -0.4 is 5.32 Å². The van der Waals surface area contributed by atoms with Gasteiger partial charge in [-0.1, -0.05) is 30.3 Å². The summed E-state index contributed by atoms with van der Waals surface area (Å²) >= 11 is 0. The molecule has 0 radical (unpaired) electrons. The number of hydrogen-bond acceptors (Lipinski definition) is 4. The van der Waals surface area contributed by atoms with Crippen molar-refractivity contribution in [2.24, 2.45) is 0 Å². The maximum absolute atomic E-state index is 12.5. The number of halogens is 1. The fraction of sp³-hybridized carbons (Fsp3) is 0.588. The first kappa shape index (κ1) is 19.9. The van der Waals surface area contributed by atoms with Gasteiger partial charge in [0.15, 0.2) is 0 Å². The zero-order chi connectivity index (χ0) is 15.6. The zero-order valence-electron chi connectivity index (χ0n) is 13.7. The summed E-state index contributed by atoms with van der Waals surface area (Å²) in [5.41, 5.74) is 1.25. The summed E-state index contributed by atoms with van der Waals surface area (Å²) in [6.45, 7) is 4.08. The Morgan fingerprint density at radius 2 is 2.13 bits per heavy atom. The van der Waals surface area contributed by atoms with E-state index in [2.05, 4.69) is 17.4 Å². The number of morpholine rings is 1. The van der Waals surface area contributed by atoms with Gasteiger partial charge in [0.1, 0.15) is 0 Å². The van der Waals surface area contributed by atoms with Gasteiger partial charge in [0, 0.05) is 39.2 Å². The van der Waals surface area contributed by atoms with Crippen LogP contribution in [0.3, 0.4) is 0 Å². The summed E-state index contributed by atoms with van der Waals surface area (Å²) in [5.74, 6) is 0.163. The van der Waals surface area contributed by atoms with E-state index in [-0.39, 0.29) is 24.4 Å². The van der Waals surface area contributed by atoms with Gasteiger partial charge >= 0.3 is 0 Å². The fourth-order valence-electron chi connectivity index (χ4n) is 2.56. The number of hydrogen-bond donors (Lipinski definition) is 1. The van der Waals surface area contributed by atoms with E-state index in [1.807, 2.05) is 23.1 Å². The van der Waals surface area contributed by atoms with E-state index < -0.39 is 0 Å². The molecule has 2 rings (SSSR count). The second-order valence-corrected chi connectivity index (χ2v) is 5.54. The Bertz CT molecular complexity index is 439. The third kappa shape index (κ3) is 7.31. The Balaban J connectivity index is 0.00000264. The van der Waals surface area contributed by atoms with Gasteiger partial charge in [0.2, 0.25) is 5.91 Å². The van der Waals surface area contributed by atoms with Gasteiger partial charge in [-0.2, -0.15) is 0 Å². The molecule has 130 valence electrons. The Labute approximate surface area is 144 Å². The molecule has 0 aromatic heterocycles. The van der Waals surface area contributed by atoms with Crippen LogP contribution in [0, 0.1) is 0 Å². The molecule has 0 saturated carbocycles. The maximum atomic E-state index is 12.5. The van der Waals surface area contributed by atoms with Crippen LogP contribution in [0.1, 0.15) is 12.0 Å². The Morgan fingerprint density at radius 1 is 1.35 bits per heavy atom. The summed E-state index contributed by atoms with van der Waals surface area (Å²) in [6, 6.07) is 10.4. The lowest BCUT2D eigenvalue weighted by atomic mass is 10.1. The molecule has 1 amide bonds. The molecule has 1 N–H and O–H groups in total. The molecule has 1 unspecified atom stereocenters. The highest BCUT2D eigenvalue weighted by molar-refractivity contribution is 5.85. The molecule has 1 saturated heterocycles. The summed E-state index contributed by atoms with van der Waals surface area (Å²) < 4.78 is 10.5. The van der Waals surface area contributed by atoms with Crippen molar-refractivity contribution in [1.82, 2.24) is 10.2 Å². The van der Waals surface area contributed by atoms with Crippen molar-refractivity contribution in [3.8, 4) is 0 Å². The van der Waals surface area contributed by atoms with Gasteiger partial charge < -0.3 is 19.7 Å². The van der Waals surface area contributed by atoms with Crippen LogP contribution in [0.15, 0.2) is 30.3 Å². The van der Waals surface area contributed by atoms with Gasteiger partial charge in [0.25, 0.3) is 0 Å². The van der Waals surface area contributed by atoms with Gasteiger partial charge in [-0.05, 0) is 12.0 Å². The van der Waals surface area contributed by atoms with Crippen molar-refractivity contribution >= 4 is 18.3 Å². The van der Waals surface area contributed by atoms with Crippen molar-refractivity contribution in [3.63, 3.8) is 0 Å². The lowest BCUT2D eigenvalue weighted by Crippen LogP contribution is -2.46. The van der Waals surface area contributed by atoms with Crippen LogP contribution >= 0.6 is 12.4 Å². The molecule has 0 aliphatic carbocycles. The molecule has 1 aliphatic rings. The molecular formula is C17H27ClN2O3. The maximum Gasteiger partial charge on any atom is 0.224 e. The molecule has 23 heavy (non-hydrogen) atoms. The van der Waals surface area contributed by atoms with Crippen molar-refractivity contribution in [2.75, 3.05) is 46.6 Å². The van der Waals surface area contributed by atoms with Crippen molar-refractivity contribution in [3.05, 3.63) is 35.9 Å². The Morgan fingerprint density at radius 3 is 2.78 bits per heavy atom. The molecule has 1 atom stereocenters. The van der Waals surface area contributed by atoms with Gasteiger partial charge in [0.05, 0.1) is 19.8 Å². The standard InChI is InChI=1S/C17H26N2O3.ClH/c1-21-12-10-19(9-7-15-5-3-2-4-6-15)17(20)13-16-14-22-11-8-18-16;/h2-6,16,18H,7-14H2,1H3;1H. The number of rotatable bonds is 8. The average Bonchev–Trinajstić information content (AvgIpc) is 2.56. The number of carbonyl (C=O) groups excluding carboxylic acids is 1. The lowest BCUT2D eigenvalue weighted by Gasteiger charge is -2.27. The van der Waals surface area contributed by atoms with E-state index in [1.54, 1.807) is 7.11 Å². The number of methoxy groups -OCH3 is 1. The topological polar surface area (TPSA) is 50.8 Å². The lowest BCUT2D eigenvalue weighted by molar-refractivity contribution is -0.133. The smallest absolute Gasteiger partial charge is 0.224 e. The van der Waals surface area contributed by atoms with Crippen LogP contribution in [0.2, 0.25) is 0 Å². The Hall–Kier alpha value is -1.14. The Kier molecular flexibility index (Phi) is 9.87. The summed E-state index contributed by atoms with van der Waals surface area (Å²) in [7, 11) is 1.66. The van der Waals surface area contributed by atoms with E-state index in [9.17, 15) is 4.79 Å². The molecule has 1 fully saturated rings. The number of carbonyl (C=O) groups is 1. The van der Waals surface area contributed by atoms with Crippen LogP contribution in [0.4, 0.5) is 0 Å². The predicted molar refractivity (Wildman–Crippen MR) is 93.1 cm³/mol. The minimum Gasteiger partial charge on any atom is -0.383 e. The van der Waals surface area contributed by atoms with Gasteiger partial charge in [-0.15, -0.1) is 12.4 Å². The molecular weight excluding hydrogens is 316 g/mol. The van der Waals surface area contributed by atoms with Crippen molar-refractivity contribution < 1.29 is 14.3 Å². The quantitative estimate of drug-likeness (QED) is 0.778. The average molecular weight is 343 g/mol. The largest absolute Gasteiger partial charge is 0.383 e. The normalized spacial score (nSPS) is 17.3. The SMILES string of the molecule is COCCN(CCc1ccccc1)C(=O)CC1COCCN1.Cl. The molecule has 0 bridgehead atoms. The number of ether oxygens (including phenoxy) is 2. The first-order valence-corrected chi connectivity index (χ1v) is 7.91. The molecule has 1 heterocycles. The summed E-state index contributed by atoms with van der Waals surface area (Å²) in [4.78, 5) is 14.4. The van der Waals surface area contributed by atoms with Gasteiger partial charge in [-0.25, -0.2) is 0 Å². The van der Waals surface area contributed by atoms with E-state index in [1.165, 1.54) is 5.56 Å². The van der Waals surface area contributed by atoms with E-state index in [0.717, 1.165) is 26.1 Å². The molecule has 5 nitrogen and oxygen atoms in total. The van der Waals surface area contributed by atoms with Crippen molar-refractivity contribution in [2.45, 2.75) is 18.9 Å². The highest BCUT2D eigenvalue weighted by Crippen LogP contribution is 2.06. The van der Waals surface area contributed by atoms with E-state index in [4.69, 9.17) is 9.47 Å². The monoisotopic (exact) mass is 342 g/mol. The molecule has 0 spiro atoms. The summed E-state index contributed by atoms with van der Waals surface area (Å²) in [6.07, 6.45) is 1.35. The number of benzene rings is 1. The third-order valence-electron chi connectivity index (χ3n) is 3.85. The molecule has 1 aliphatic heterocycles. The van der Waals surface area contributed by atoms with Crippen molar-refractivity contribution in [1.29, 1.82) is 0 Å². The number of nitrogens with one attached hydrogen (secondary N) is 1.